The molecule has 0 saturated heterocycles. The number of ether oxygens (including phenoxy) is 3. The summed E-state index contributed by atoms with van der Waals surface area (Å²) in [5, 5.41) is 0. The molecule has 0 radical (unpaired) electrons. The summed E-state index contributed by atoms with van der Waals surface area (Å²) < 4.78 is 17.0. The van der Waals surface area contributed by atoms with Crippen molar-refractivity contribution in [2.24, 2.45) is 17.8 Å². The smallest absolute Gasteiger partial charge is 0.306 e. The van der Waals surface area contributed by atoms with E-state index in [-0.39, 0.29) is 31.1 Å². The van der Waals surface area contributed by atoms with E-state index in [1.807, 2.05) is 0 Å². The molecule has 6 heteroatoms. The number of carbonyl (C=O) groups is 3. The summed E-state index contributed by atoms with van der Waals surface area (Å²) >= 11 is 0. The molecule has 0 heterocycles. The monoisotopic (exact) mass is 1020 g/mol. The van der Waals surface area contributed by atoms with Gasteiger partial charge in [0.25, 0.3) is 0 Å². The second-order valence-electron chi connectivity index (χ2n) is 24.2. The molecule has 0 bridgehead atoms. The van der Waals surface area contributed by atoms with Gasteiger partial charge in [-0.05, 0) is 37.0 Å². The van der Waals surface area contributed by atoms with E-state index in [0.29, 0.717) is 19.3 Å². The number of hydrogen-bond acceptors (Lipinski definition) is 6. The lowest BCUT2D eigenvalue weighted by Crippen LogP contribution is -2.30. The molecule has 0 aliphatic carbocycles. The molecule has 6 nitrogen and oxygen atoms in total. The first-order chi connectivity index (χ1) is 35.1. The van der Waals surface area contributed by atoms with Gasteiger partial charge in [0.2, 0.25) is 0 Å². The predicted octanol–water partition coefficient (Wildman–Crippen LogP) is 21.8. The molecule has 0 saturated carbocycles. The van der Waals surface area contributed by atoms with Gasteiger partial charge in [-0.3, -0.25) is 14.4 Å². The molecule has 0 unspecified atom stereocenters. The van der Waals surface area contributed by atoms with Crippen LogP contribution >= 0.6 is 0 Å². The fraction of sp³-hybridized carbons (Fsp3) is 0.955. The Hall–Kier alpha value is -1.59. The molecule has 0 aliphatic heterocycles. The Bertz CT molecular complexity index is 1120. The Morgan fingerprint density at radius 2 is 0.403 bits per heavy atom. The van der Waals surface area contributed by atoms with Crippen molar-refractivity contribution in [3.05, 3.63) is 0 Å². The van der Waals surface area contributed by atoms with E-state index in [4.69, 9.17) is 14.2 Å². The zero-order valence-corrected chi connectivity index (χ0v) is 49.7. The van der Waals surface area contributed by atoms with Crippen LogP contribution in [0.3, 0.4) is 0 Å². The van der Waals surface area contributed by atoms with E-state index >= 15 is 0 Å². The van der Waals surface area contributed by atoms with Crippen LogP contribution in [-0.4, -0.2) is 37.2 Å². The molecule has 1 atom stereocenters. The van der Waals surface area contributed by atoms with Gasteiger partial charge in [0.05, 0.1) is 0 Å². The second kappa shape index (κ2) is 57.1. The number of esters is 3. The van der Waals surface area contributed by atoms with Crippen molar-refractivity contribution in [2.45, 2.75) is 375 Å². The van der Waals surface area contributed by atoms with Gasteiger partial charge in [0.1, 0.15) is 13.2 Å². The second-order valence-corrected chi connectivity index (χ2v) is 24.2. The summed E-state index contributed by atoms with van der Waals surface area (Å²) in [6.07, 6.45) is 62.5. The van der Waals surface area contributed by atoms with E-state index in [1.165, 1.54) is 250 Å². The Labute approximate surface area is 450 Å². The molecule has 0 amide bonds. The minimum atomic E-state index is -0.765. The van der Waals surface area contributed by atoms with Crippen LogP contribution in [0, 0.1) is 17.8 Å². The van der Waals surface area contributed by atoms with Crippen LogP contribution in [0.4, 0.5) is 0 Å². The molecular weight excluding hydrogens is 889 g/mol. The maximum absolute atomic E-state index is 12.9. The lowest BCUT2D eigenvalue weighted by Gasteiger charge is -2.18. The maximum Gasteiger partial charge on any atom is 0.306 e. The molecule has 0 N–H and O–H groups in total. The predicted molar refractivity (Wildman–Crippen MR) is 312 cm³/mol. The summed E-state index contributed by atoms with van der Waals surface area (Å²) in [5.74, 6) is 1.70. The third-order valence-corrected chi connectivity index (χ3v) is 15.1. The van der Waals surface area contributed by atoms with Crippen LogP contribution < -0.4 is 0 Å². The van der Waals surface area contributed by atoms with Gasteiger partial charge >= 0.3 is 17.9 Å². The molecule has 0 aliphatic rings. The summed E-state index contributed by atoms with van der Waals surface area (Å²) in [4.78, 5) is 38.3. The standard InChI is InChI=1S/C66H128O6/c1-60(2)52-46-40-34-28-22-17-13-9-7-8-10-15-19-25-31-37-43-49-55-64(67)70-58-63(59-71-65(68)56-50-44-38-32-27-21-24-30-36-42-48-54-62(5)6)72-66(69)57-51-45-39-33-26-20-16-12-11-14-18-23-29-35-41-47-53-61(3)4/h60-63H,7-59H2,1-6H3/t63-/m1/s1. The Morgan fingerprint density at radius 1 is 0.236 bits per heavy atom. The van der Waals surface area contributed by atoms with Crippen LogP contribution in [-0.2, 0) is 28.6 Å². The highest BCUT2D eigenvalue weighted by molar-refractivity contribution is 5.71. The molecule has 0 spiro atoms. The Kier molecular flexibility index (Phi) is 55.9. The fourth-order valence-corrected chi connectivity index (χ4v) is 10.2. The van der Waals surface area contributed by atoms with Crippen molar-refractivity contribution in [2.75, 3.05) is 13.2 Å². The largest absolute Gasteiger partial charge is 0.462 e. The zero-order chi connectivity index (χ0) is 52.6. The summed E-state index contributed by atoms with van der Waals surface area (Å²) in [6, 6.07) is 0. The van der Waals surface area contributed by atoms with Gasteiger partial charge in [-0.1, -0.05) is 330 Å². The molecule has 0 rings (SSSR count). The summed E-state index contributed by atoms with van der Waals surface area (Å²) in [7, 11) is 0. The van der Waals surface area contributed by atoms with Gasteiger partial charge in [-0.25, -0.2) is 0 Å². The quantitative estimate of drug-likeness (QED) is 0.0343. The number of carbonyl (C=O) groups excluding carboxylic acids is 3. The molecular formula is C66H128O6. The highest BCUT2D eigenvalue weighted by Gasteiger charge is 2.19. The molecule has 72 heavy (non-hydrogen) atoms. The molecule has 0 fully saturated rings. The number of unbranched alkanes of at least 4 members (excludes halogenated alkanes) is 42. The maximum atomic E-state index is 12.9. The van der Waals surface area contributed by atoms with Crippen molar-refractivity contribution in [1.29, 1.82) is 0 Å². The van der Waals surface area contributed by atoms with Crippen LogP contribution in [0.15, 0.2) is 0 Å². The van der Waals surface area contributed by atoms with Crippen molar-refractivity contribution in [3.63, 3.8) is 0 Å². The van der Waals surface area contributed by atoms with Crippen LogP contribution in [0.2, 0.25) is 0 Å². The van der Waals surface area contributed by atoms with Gasteiger partial charge in [-0.2, -0.15) is 0 Å². The molecule has 0 aromatic rings. The van der Waals surface area contributed by atoms with Crippen molar-refractivity contribution >= 4 is 17.9 Å². The lowest BCUT2D eigenvalue weighted by atomic mass is 10.0. The van der Waals surface area contributed by atoms with E-state index < -0.39 is 6.10 Å². The minimum Gasteiger partial charge on any atom is -0.462 e. The van der Waals surface area contributed by atoms with Gasteiger partial charge in [0.15, 0.2) is 6.10 Å². The third kappa shape index (κ3) is 59.3. The van der Waals surface area contributed by atoms with Gasteiger partial charge < -0.3 is 14.2 Å². The highest BCUT2D eigenvalue weighted by Crippen LogP contribution is 2.19. The average Bonchev–Trinajstić information content (AvgIpc) is 3.34. The molecule has 428 valence electrons. The van der Waals surface area contributed by atoms with Gasteiger partial charge in [-0.15, -0.1) is 0 Å². The summed E-state index contributed by atoms with van der Waals surface area (Å²) in [5.41, 5.74) is 0. The van der Waals surface area contributed by atoms with Crippen molar-refractivity contribution in [1.82, 2.24) is 0 Å². The normalized spacial score (nSPS) is 12.1. The Balaban J connectivity index is 4.26. The van der Waals surface area contributed by atoms with E-state index in [9.17, 15) is 14.4 Å². The number of hydrogen-bond donors (Lipinski definition) is 0. The van der Waals surface area contributed by atoms with Crippen LogP contribution in [0.1, 0.15) is 369 Å². The molecule has 0 aromatic carbocycles. The van der Waals surface area contributed by atoms with E-state index in [2.05, 4.69) is 41.5 Å². The van der Waals surface area contributed by atoms with E-state index in [1.54, 1.807) is 0 Å². The first-order valence-corrected chi connectivity index (χ1v) is 32.6. The van der Waals surface area contributed by atoms with Crippen molar-refractivity contribution in [3.8, 4) is 0 Å². The van der Waals surface area contributed by atoms with E-state index in [0.717, 1.165) is 75.5 Å². The zero-order valence-electron chi connectivity index (χ0n) is 49.7. The summed E-state index contributed by atoms with van der Waals surface area (Å²) in [6.45, 7) is 13.8. The SMILES string of the molecule is CC(C)CCCCCCCCCCCCCCCCCCCCC(=O)OC[C@H](COC(=O)CCCCCCCCCCCCCC(C)C)OC(=O)CCCCCCCCCCCCCCCCCCC(C)C. The lowest BCUT2D eigenvalue weighted by molar-refractivity contribution is -0.167. The third-order valence-electron chi connectivity index (χ3n) is 15.1. The fourth-order valence-electron chi connectivity index (χ4n) is 10.2. The molecule has 0 aromatic heterocycles. The van der Waals surface area contributed by atoms with Crippen LogP contribution in [0.5, 0.6) is 0 Å². The topological polar surface area (TPSA) is 78.9 Å². The average molecular weight is 1020 g/mol. The first kappa shape index (κ1) is 70.4. The first-order valence-electron chi connectivity index (χ1n) is 32.6. The highest BCUT2D eigenvalue weighted by atomic mass is 16.6. The number of rotatable bonds is 59. The Morgan fingerprint density at radius 3 is 0.597 bits per heavy atom. The minimum absolute atomic E-state index is 0.0625. The van der Waals surface area contributed by atoms with Crippen LogP contribution in [0.25, 0.3) is 0 Å². The van der Waals surface area contributed by atoms with Gasteiger partial charge in [0, 0.05) is 19.3 Å². The van der Waals surface area contributed by atoms with Crippen molar-refractivity contribution < 1.29 is 28.6 Å².